The number of nitrogens with zero attached hydrogens (tertiary/aromatic N) is 2. The number of fused-ring (bicyclic) bond motifs is 1. The van der Waals surface area contributed by atoms with Crippen LogP contribution >= 0.6 is 11.8 Å². The lowest BCUT2D eigenvalue weighted by Gasteiger charge is -2.43. The number of phenolic OH excluding ortho intramolecular Hbond substituents is 2. The average Bonchev–Trinajstić information content (AvgIpc) is 0.778. The van der Waals surface area contributed by atoms with Gasteiger partial charge >= 0.3 is 5.97 Å². The standard InChI is InChI=1S/C103H131N19O20S/c1-11-59(5)86-98(139)114-76(51-64-31-43-72(124)44-32-64)94(135)112-74(48-58(3)4)92(133)117-80(90(131)108-54-82(104)125)56-143-57-84(127)118-88(103(7,8)9)99(140)115-77(50-61-25-33-66(34-26-61)65-20-15-13-16-21-65)95(136)116-79(52-62-27-35-67(36-28-62)68-37-39-70(40-38-68)109-89(130)69-22-17-14-18-23-69)100(141)121(10)55-83(126)110-75(49-63-29-41-71(123)42-30-63)93(134)113-78(53-85(128)129)96(137)111-73(24-19-46-107-102(105)106)91(132)120-87(60(6)12-2)101(142)122-47-45-81(122)97(138)119-86/h13-18,20-23,25-44,58-60,73-81,86-88,123-124H,11-12,19,24,45-57H2,1-10H3,(H2,104,125)(H,108,131)(H,109,130)(H,110,126)(H,111,137)(H,112,135)(H,113,134)(H,114,139)(H,115,140)(H,116,136)(H,117,133)(H,118,127)(H,119,138)(H,120,132)(H,128,129)(H4,105,106,107)/t59-,60-,73+,74-,75-,76-,77-,78-,79-,80-,81-,86-,87-,88+/m0/s1. The topological polar surface area (TPSA) is 602 Å². The summed E-state index contributed by atoms with van der Waals surface area (Å²) in [6.45, 7) is 13.5. The van der Waals surface area contributed by atoms with Crippen molar-refractivity contribution < 1.29 is 96.8 Å². The number of carboxylic acid groups (broad SMARTS) is 1. The third-order valence-electron chi connectivity index (χ3n) is 24.6. The Morgan fingerprint density at radius 2 is 0.923 bits per heavy atom. The van der Waals surface area contributed by atoms with Crippen molar-refractivity contribution >= 4 is 124 Å². The molecule has 40 heteroatoms. The van der Waals surface area contributed by atoms with E-state index >= 15 is 38.4 Å². The van der Waals surface area contributed by atoms with Gasteiger partial charge in [0.25, 0.3) is 5.91 Å². The molecular weight excluding hydrogens is 1860 g/mol. The molecule has 7 aromatic rings. The average molecular weight is 1990 g/mol. The van der Waals surface area contributed by atoms with Crippen molar-refractivity contribution in [1.82, 2.24) is 78.9 Å². The number of carbonyl (C=O) groups excluding carboxylic acids is 16. The lowest BCUT2D eigenvalue weighted by Crippen LogP contribution is -2.66. The molecule has 16 amide bonds. The molecule has 9 rings (SSSR count). The van der Waals surface area contributed by atoms with Gasteiger partial charge in [0.2, 0.25) is 88.6 Å². The molecule has 2 heterocycles. The summed E-state index contributed by atoms with van der Waals surface area (Å²) in [6, 6.07) is 31.2. The Kier molecular flexibility index (Phi) is 41.6. The zero-order valence-corrected chi connectivity index (χ0v) is 82.6. The van der Waals surface area contributed by atoms with E-state index in [0.29, 0.717) is 39.1 Å². The van der Waals surface area contributed by atoms with Crippen LogP contribution in [0.1, 0.15) is 140 Å². The van der Waals surface area contributed by atoms with Gasteiger partial charge in [0, 0.05) is 62.8 Å². The molecule has 0 radical (unpaired) electrons. The highest BCUT2D eigenvalue weighted by atomic mass is 32.2. The fourth-order valence-electron chi connectivity index (χ4n) is 16.1. The smallest absolute Gasteiger partial charge is 0.305 e. The number of aromatic hydroxyl groups is 2. The Bertz CT molecular complexity index is 5640. The second-order valence-electron chi connectivity index (χ2n) is 37.4. The van der Waals surface area contributed by atoms with E-state index in [0.717, 1.165) is 33.4 Å². The summed E-state index contributed by atoms with van der Waals surface area (Å²) in [5, 5.41) is 76.5. The van der Waals surface area contributed by atoms with E-state index < -0.39 is 228 Å². The van der Waals surface area contributed by atoms with Crippen LogP contribution < -0.4 is 85.9 Å². The number of phenols is 2. The predicted octanol–water partition coefficient (Wildman–Crippen LogP) is 3.62. The van der Waals surface area contributed by atoms with Crippen molar-refractivity contribution in [2.24, 2.45) is 34.6 Å². The SMILES string of the molecule is CC[C@H](C)[C@@H]1NC(=O)[C@@H]2CCN2C(=O)[C@H]([C@@H](C)CC)NC(=O)[C@@H](CCCNC(=N)N)NC(=O)[C@H](CC(=O)O)NC(=O)[C@H](Cc2ccc(O)cc2)NC(=O)CN(C)C(=O)[C@H](Cc2ccc(-c3ccc(NC(=O)c4ccccc4)cc3)cc2)NC(=O)[C@H](Cc2ccc(-c3ccccc3)cc2)NC(=O)[C@H](C(C)(C)C)NC(=O)CSC[C@@H](C(=O)NCC(N)=O)NC(=O)[C@H](CC(C)C)NC(=O)[C@H](Cc2ccc(O)cc2)NC1=O. The summed E-state index contributed by atoms with van der Waals surface area (Å²) in [4.78, 5) is 251. The van der Waals surface area contributed by atoms with Gasteiger partial charge in [-0.25, -0.2) is 0 Å². The Morgan fingerprint density at radius 3 is 1.42 bits per heavy atom. The highest BCUT2D eigenvalue weighted by Gasteiger charge is 2.46. The number of carbonyl (C=O) groups is 17. The van der Waals surface area contributed by atoms with Crippen LogP contribution in [0.4, 0.5) is 5.69 Å². The summed E-state index contributed by atoms with van der Waals surface area (Å²) in [7, 11) is 1.23. The van der Waals surface area contributed by atoms with E-state index in [2.05, 4.69) is 74.4 Å². The van der Waals surface area contributed by atoms with Crippen LogP contribution in [0.3, 0.4) is 0 Å². The number of amides is 16. The number of benzene rings is 7. The van der Waals surface area contributed by atoms with Crippen molar-refractivity contribution in [2.75, 3.05) is 50.0 Å². The van der Waals surface area contributed by atoms with Gasteiger partial charge in [-0.15, -0.1) is 11.8 Å². The number of aliphatic carboxylic acids is 1. The number of likely N-dealkylation sites (N-methyl/N-ethyl adjacent to an activating group) is 1. The molecule has 0 spiro atoms. The molecule has 0 saturated carbocycles. The minimum absolute atomic E-state index is 0.0198. The number of rotatable bonds is 27. The Balaban J connectivity index is 1.11. The van der Waals surface area contributed by atoms with E-state index in [1.54, 1.807) is 165 Å². The Labute approximate surface area is 834 Å². The van der Waals surface area contributed by atoms with Crippen LogP contribution in [-0.2, 0) is 102 Å². The molecule has 2 fully saturated rings. The molecule has 0 aliphatic carbocycles. The second-order valence-corrected chi connectivity index (χ2v) is 38.4. The second kappa shape index (κ2) is 53.4. The first-order valence-electron chi connectivity index (χ1n) is 47.5. The maximum Gasteiger partial charge on any atom is 0.305 e. The molecule has 0 bridgehead atoms. The third-order valence-corrected chi connectivity index (χ3v) is 25.6. The fraction of sp³-hybridized carbons (Fsp3) is 0.417. The highest BCUT2D eigenvalue weighted by Crippen LogP contribution is 2.29. The van der Waals surface area contributed by atoms with Crippen LogP contribution in [0.15, 0.2) is 182 Å². The number of guanidine groups is 1. The molecule has 2 saturated heterocycles. The summed E-state index contributed by atoms with van der Waals surface area (Å²) in [5.41, 5.74) is 15.6. The third kappa shape index (κ3) is 34.3. The summed E-state index contributed by atoms with van der Waals surface area (Å²) >= 11 is 0.812. The van der Waals surface area contributed by atoms with Crippen LogP contribution in [-0.4, -0.2) is 249 Å². The van der Waals surface area contributed by atoms with Crippen LogP contribution in [0.5, 0.6) is 11.5 Å². The van der Waals surface area contributed by atoms with Gasteiger partial charge in [-0.05, 0) is 142 Å². The number of thioether (sulfide) groups is 1. The quantitative estimate of drug-likeness (QED) is 0.0199. The molecule has 2 aliphatic heterocycles. The van der Waals surface area contributed by atoms with Crippen molar-refractivity contribution in [3.05, 3.63) is 210 Å². The molecule has 0 unspecified atom stereocenters. The molecule has 14 atom stereocenters. The summed E-state index contributed by atoms with van der Waals surface area (Å²) < 4.78 is 0. The van der Waals surface area contributed by atoms with Crippen molar-refractivity contribution in [2.45, 2.75) is 205 Å². The molecule has 7 aromatic carbocycles. The van der Waals surface area contributed by atoms with Crippen molar-refractivity contribution in [3.8, 4) is 33.8 Å². The minimum atomic E-state index is -2.05. The molecule has 22 N–H and O–H groups in total. The van der Waals surface area contributed by atoms with E-state index in [1.807, 2.05) is 30.3 Å². The molecular formula is C103H131N19O20S. The monoisotopic (exact) mass is 1990 g/mol. The maximum atomic E-state index is 15.7. The number of primary amides is 1. The zero-order valence-electron chi connectivity index (χ0n) is 81.7. The number of nitrogens with one attached hydrogen (secondary N) is 15. The van der Waals surface area contributed by atoms with Gasteiger partial charge in [-0.1, -0.05) is 209 Å². The van der Waals surface area contributed by atoms with Crippen LogP contribution in [0, 0.1) is 28.6 Å². The van der Waals surface area contributed by atoms with Gasteiger partial charge in [-0.2, -0.15) is 0 Å². The first-order valence-corrected chi connectivity index (χ1v) is 48.7. The summed E-state index contributed by atoms with van der Waals surface area (Å²) in [6.07, 6.45) is -2.24. The van der Waals surface area contributed by atoms with Crippen molar-refractivity contribution in [1.29, 1.82) is 5.41 Å². The zero-order chi connectivity index (χ0) is 104. The molecule has 2 aliphatic rings. The lowest BCUT2D eigenvalue weighted by atomic mass is 9.85. The van der Waals surface area contributed by atoms with Gasteiger partial charge in [0.05, 0.1) is 25.3 Å². The molecule has 0 aromatic heterocycles. The van der Waals surface area contributed by atoms with Crippen LogP contribution in [0.25, 0.3) is 22.3 Å². The predicted molar refractivity (Wildman–Crippen MR) is 537 cm³/mol. The largest absolute Gasteiger partial charge is 0.508 e. The first kappa shape index (κ1) is 111. The van der Waals surface area contributed by atoms with Gasteiger partial charge in [-0.3, -0.25) is 86.9 Å². The normalized spacial score (nSPS) is 21.9. The summed E-state index contributed by atoms with van der Waals surface area (Å²) in [5.74, 6) is -19.6. The fourth-order valence-corrected chi connectivity index (χ4v) is 16.9. The van der Waals surface area contributed by atoms with Gasteiger partial charge in [0.1, 0.15) is 84.0 Å². The van der Waals surface area contributed by atoms with E-state index in [-0.39, 0.29) is 94.2 Å². The van der Waals surface area contributed by atoms with Crippen molar-refractivity contribution in [3.63, 3.8) is 0 Å². The first-order chi connectivity index (χ1) is 67.9. The number of anilines is 1. The number of nitrogens with two attached hydrogens (primary N) is 2. The number of carboxylic acids is 1. The van der Waals surface area contributed by atoms with Gasteiger partial charge in [0.15, 0.2) is 5.96 Å². The minimum Gasteiger partial charge on any atom is -0.508 e. The van der Waals surface area contributed by atoms with E-state index in [4.69, 9.17) is 16.9 Å². The van der Waals surface area contributed by atoms with Gasteiger partial charge < -0.3 is 111 Å². The number of hydrogen-bond donors (Lipinski definition) is 20. The Hall–Kier alpha value is -15.3. The molecule has 39 nitrogen and oxygen atoms in total. The molecule has 764 valence electrons. The lowest BCUT2D eigenvalue weighted by molar-refractivity contribution is -0.152. The maximum absolute atomic E-state index is 15.7. The van der Waals surface area contributed by atoms with E-state index in [1.165, 1.54) is 60.5 Å². The Morgan fingerprint density at radius 1 is 0.483 bits per heavy atom. The van der Waals surface area contributed by atoms with Crippen LogP contribution in [0.2, 0.25) is 0 Å². The van der Waals surface area contributed by atoms with E-state index in [9.17, 15) is 58.5 Å². The highest BCUT2D eigenvalue weighted by molar-refractivity contribution is 8.00. The molecule has 143 heavy (non-hydrogen) atoms. The number of hydrogen-bond acceptors (Lipinski definition) is 21.